The van der Waals surface area contributed by atoms with Crippen molar-refractivity contribution in [2.24, 2.45) is 0 Å². The van der Waals surface area contributed by atoms with Gasteiger partial charge in [-0.15, -0.1) is 22.1 Å². The summed E-state index contributed by atoms with van der Waals surface area (Å²) in [4.78, 5) is 22.1. The molecule has 2 aliphatic heterocycles. The summed E-state index contributed by atoms with van der Waals surface area (Å²) in [5.74, 6) is 0. The van der Waals surface area contributed by atoms with Crippen LogP contribution in [0.1, 0.15) is 95.9 Å². The van der Waals surface area contributed by atoms with Crippen LogP contribution in [0.3, 0.4) is 0 Å². The molecule has 7 aromatic rings. The van der Waals surface area contributed by atoms with E-state index in [1.54, 1.807) is 0 Å². The van der Waals surface area contributed by atoms with Crippen LogP contribution in [0.5, 0.6) is 0 Å². The summed E-state index contributed by atoms with van der Waals surface area (Å²) >= 11 is 0.750. The molecule has 0 radical (unpaired) electrons. The van der Waals surface area contributed by atoms with Gasteiger partial charge in [-0.05, 0) is 217 Å². The number of benzene rings is 4. The standard InChI is InChI=1S/C52H44N4.O.Ti/c1-2-10-30-18-38-37(17-29(30)9-1)45-25-47-39-19-31-11-3-4-12-32(31)20-40(39)49(54-47)27-51-43-23-35-15-7-8-16-36(35)24-44(43)52(56-51)28-50-42-22-34-14-6-5-13-33(34)21-41(42)48(55-50)26-46(38)53-45;;/h17-28H,1-16H2;;/q-2;;+2. The first-order valence-electron chi connectivity index (χ1n) is 21.7. The fourth-order valence-electron chi connectivity index (χ4n) is 11.2. The van der Waals surface area contributed by atoms with Gasteiger partial charge in [-0.3, -0.25) is 0 Å². The second kappa shape index (κ2) is 13.8. The number of hydrogen-bond acceptors (Lipinski definition) is 3. The minimum absolute atomic E-state index is 0.750. The second-order valence-electron chi connectivity index (χ2n) is 17.6. The second-order valence-corrected chi connectivity index (χ2v) is 17.6. The molecule has 5 heterocycles. The summed E-state index contributed by atoms with van der Waals surface area (Å²) in [5, 5.41) is 4.94. The minimum atomic E-state index is 0.750. The smallest absolute Gasteiger partial charge is 0.0704 e. The first-order valence-corrected chi connectivity index (χ1v) is 22.4. The van der Waals surface area contributed by atoms with E-state index in [-0.39, 0.29) is 0 Å². The molecule has 4 aromatic carbocycles. The van der Waals surface area contributed by atoms with E-state index in [0.29, 0.717) is 0 Å². The molecule has 0 atom stereocenters. The zero-order valence-electron chi connectivity index (χ0n) is 32.9. The van der Waals surface area contributed by atoms with Crippen LogP contribution in [0.2, 0.25) is 0 Å². The SMILES string of the molecule is [O]=[Ti+2].c1c2c(cc3c1-c1cc4[n-]c(cc5nc(cc6[n-]c(cc-3n1)c1cc3c(cc61)CCCC3)-c1cc3c(cc1-5)CCCC3)c1cc3c(cc41)CCCC3)CCCC2. The Labute approximate surface area is 350 Å². The van der Waals surface area contributed by atoms with Gasteiger partial charge in [-0.25, -0.2) is 9.97 Å². The molecule has 0 saturated carbocycles. The average Bonchev–Trinajstić information content (AvgIpc) is 3.98. The van der Waals surface area contributed by atoms with Gasteiger partial charge in [-0.2, -0.15) is 0 Å². The van der Waals surface area contributed by atoms with Crippen LogP contribution in [0.4, 0.5) is 0 Å². The Kier molecular flexibility index (Phi) is 8.34. The van der Waals surface area contributed by atoms with E-state index in [1.165, 1.54) is 140 Å². The van der Waals surface area contributed by atoms with Crippen molar-refractivity contribution in [2.45, 2.75) is 103 Å². The van der Waals surface area contributed by atoms with Crippen LogP contribution in [0.15, 0.2) is 72.8 Å². The molecule has 6 heteroatoms. The van der Waals surface area contributed by atoms with E-state index >= 15 is 0 Å². The summed E-state index contributed by atoms with van der Waals surface area (Å²) in [6, 6.07) is 28.9. The zero-order valence-corrected chi connectivity index (χ0v) is 34.5. The van der Waals surface area contributed by atoms with Crippen LogP contribution in [0, 0.1) is 0 Å². The van der Waals surface area contributed by atoms with Crippen LogP contribution in [-0.4, -0.2) is 9.97 Å². The molecule has 13 rings (SSSR count). The Balaban J connectivity index is 0.00000181. The van der Waals surface area contributed by atoms with Gasteiger partial charge in [0.25, 0.3) is 0 Å². The number of aryl methyl sites for hydroxylation is 8. The summed E-state index contributed by atoms with van der Waals surface area (Å²) in [6.45, 7) is 0. The van der Waals surface area contributed by atoms with Crippen molar-refractivity contribution < 1.29 is 23.7 Å². The van der Waals surface area contributed by atoms with Crippen LogP contribution < -0.4 is 9.97 Å². The maximum Gasteiger partial charge on any atom is 0.0704 e. The summed E-state index contributed by atoms with van der Waals surface area (Å²) < 4.78 is 8.25. The molecule has 6 aliphatic rings. The van der Waals surface area contributed by atoms with Crippen molar-refractivity contribution in [3.8, 4) is 45.0 Å². The molecule has 4 aliphatic carbocycles. The fraction of sp³-hybridized carbons (Fsp3) is 0.308. The molecule has 0 unspecified atom stereocenters. The predicted molar refractivity (Wildman–Crippen MR) is 230 cm³/mol. The van der Waals surface area contributed by atoms with Crippen LogP contribution in [-0.2, 0) is 75.1 Å². The van der Waals surface area contributed by atoms with Gasteiger partial charge >= 0.3 is 23.7 Å². The number of aromatic nitrogens is 4. The third kappa shape index (κ3) is 5.60. The van der Waals surface area contributed by atoms with Gasteiger partial charge < -0.3 is 9.97 Å². The molecule has 0 saturated heterocycles. The molecule has 0 fully saturated rings. The predicted octanol–water partition coefficient (Wildman–Crippen LogP) is 11.9. The molecule has 0 N–H and O–H groups in total. The largest absolute Gasteiger partial charge is 0.657 e. The van der Waals surface area contributed by atoms with E-state index < -0.39 is 0 Å². The maximum atomic E-state index is 8.25. The van der Waals surface area contributed by atoms with Crippen LogP contribution in [0.25, 0.3) is 88.6 Å². The molecule has 0 amide bonds. The Morgan fingerprint density at radius 1 is 0.310 bits per heavy atom. The number of nitrogens with zero attached hydrogens (tertiary/aromatic N) is 4. The van der Waals surface area contributed by atoms with E-state index in [1.807, 2.05) is 0 Å². The Hall–Kier alpha value is -4.97. The van der Waals surface area contributed by atoms with E-state index in [4.69, 9.17) is 23.3 Å². The zero-order chi connectivity index (χ0) is 38.5. The third-order valence-corrected chi connectivity index (χ3v) is 14.2. The molecule has 5 nitrogen and oxygen atoms in total. The molecular weight excluding hydrogens is 744 g/mol. The van der Waals surface area contributed by atoms with Gasteiger partial charge in [0.15, 0.2) is 0 Å². The van der Waals surface area contributed by atoms with Crippen molar-refractivity contribution in [1.82, 2.24) is 19.9 Å². The van der Waals surface area contributed by atoms with Crippen molar-refractivity contribution in [1.29, 1.82) is 0 Å². The van der Waals surface area contributed by atoms with E-state index in [0.717, 1.165) is 117 Å². The molecule has 0 spiro atoms. The van der Waals surface area contributed by atoms with E-state index in [2.05, 4.69) is 72.8 Å². The van der Waals surface area contributed by atoms with Crippen molar-refractivity contribution in [3.05, 3.63) is 117 Å². The number of rotatable bonds is 0. The summed E-state index contributed by atoms with van der Waals surface area (Å²) in [6.07, 6.45) is 19.2. The topological polar surface area (TPSA) is 71.1 Å². The Morgan fingerprint density at radius 3 is 0.741 bits per heavy atom. The molecular formula is C52H44N4OTi. The van der Waals surface area contributed by atoms with Crippen LogP contribution >= 0.6 is 0 Å². The maximum absolute atomic E-state index is 8.25. The van der Waals surface area contributed by atoms with Crippen molar-refractivity contribution >= 4 is 43.6 Å². The number of hydrogen-bond donors (Lipinski definition) is 0. The van der Waals surface area contributed by atoms with Gasteiger partial charge in [0.2, 0.25) is 0 Å². The van der Waals surface area contributed by atoms with E-state index in [9.17, 15) is 0 Å². The number of fused-ring (bicyclic) bond motifs is 24. The molecule has 8 bridgehead atoms. The molecule has 3 aromatic heterocycles. The van der Waals surface area contributed by atoms with Gasteiger partial charge in [0, 0.05) is 22.3 Å². The molecule has 282 valence electrons. The average molecular weight is 789 g/mol. The van der Waals surface area contributed by atoms with Crippen molar-refractivity contribution in [3.63, 3.8) is 0 Å². The fourth-order valence-corrected chi connectivity index (χ4v) is 11.2. The van der Waals surface area contributed by atoms with Gasteiger partial charge in [0.1, 0.15) is 0 Å². The monoisotopic (exact) mass is 788 g/mol. The normalized spacial score (nSPS) is 16.4. The first kappa shape index (κ1) is 35.0. The quantitative estimate of drug-likeness (QED) is 0.143. The van der Waals surface area contributed by atoms with Gasteiger partial charge in [-0.1, -0.05) is 24.3 Å². The minimum Gasteiger partial charge on any atom is -0.657 e. The summed E-state index contributed by atoms with van der Waals surface area (Å²) in [5.41, 5.74) is 24.9. The van der Waals surface area contributed by atoms with Crippen molar-refractivity contribution in [2.75, 3.05) is 0 Å². The van der Waals surface area contributed by atoms with Gasteiger partial charge in [0.05, 0.1) is 22.8 Å². The Bertz CT molecular complexity index is 2680. The Morgan fingerprint density at radius 2 is 0.517 bits per heavy atom. The molecule has 58 heavy (non-hydrogen) atoms. The summed E-state index contributed by atoms with van der Waals surface area (Å²) in [7, 11) is 0. The first-order chi connectivity index (χ1) is 28.7. The third-order valence-electron chi connectivity index (χ3n) is 14.2.